The van der Waals surface area contributed by atoms with Gasteiger partial charge in [0.1, 0.15) is 0 Å². The first-order valence-corrected chi connectivity index (χ1v) is 6.49. The number of nitrogens with one attached hydrogen (secondary N) is 2. The SMILES string of the molecule is CC(CC(F)(F)F)NC(=O)NCC1(C(=O)O)CCCC1. The Bertz CT molecular complexity index is 365. The molecule has 0 aliphatic heterocycles. The molecule has 2 amide bonds. The number of carbonyl (C=O) groups is 2. The lowest BCUT2D eigenvalue weighted by Gasteiger charge is -2.24. The van der Waals surface area contributed by atoms with Crippen LogP contribution in [-0.4, -0.2) is 35.9 Å². The molecule has 5 nitrogen and oxygen atoms in total. The minimum atomic E-state index is -4.35. The van der Waals surface area contributed by atoms with Crippen LogP contribution < -0.4 is 10.6 Å². The molecule has 0 radical (unpaired) electrons. The number of carboxylic acids is 1. The number of carboxylic acid groups (broad SMARTS) is 1. The molecule has 0 spiro atoms. The minimum Gasteiger partial charge on any atom is -0.481 e. The lowest BCUT2D eigenvalue weighted by molar-refractivity contribution is -0.148. The summed E-state index contributed by atoms with van der Waals surface area (Å²) in [6.45, 7) is 1.18. The van der Waals surface area contributed by atoms with Crippen molar-refractivity contribution in [1.29, 1.82) is 0 Å². The van der Waals surface area contributed by atoms with Crippen molar-refractivity contribution in [3.05, 3.63) is 0 Å². The predicted molar refractivity (Wildman–Crippen MR) is 65.2 cm³/mol. The third kappa shape index (κ3) is 4.90. The highest BCUT2D eigenvalue weighted by atomic mass is 19.4. The summed E-state index contributed by atoms with van der Waals surface area (Å²) in [7, 11) is 0. The standard InChI is InChI=1S/C12H19F3N2O3/c1-8(6-12(13,14)15)17-10(20)16-7-11(9(18)19)4-2-3-5-11/h8H,2-7H2,1H3,(H,18,19)(H2,16,17,20). The minimum absolute atomic E-state index is 0.0626. The smallest absolute Gasteiger partial charge is 0.391 e. The van der Waals surface area contributed by atoms with Gasteiger partial charge in [0.15, 0.2) is 0 Å². The van der Waals surface area contributed by atoms with Crippen molar-refractivity contribution < 1.29 is 27.9 Å². The van der Waals surface area contributed by atoms with E-state index in [1.807, 2.05) is 0 Å². The van der Waals surface area contributed by atoms with Crippen molar-refractivity contribution in [2.24, 2.45) is 5.41 Å². The third-order valence-corrected chi connectivity index (χ3v) is 3.52. The summed E-state index contributed by atoms with van der Waals surface area (Å²) in [5.41, 5.74) is -0.982. The Balaban J connectivity index is 2.41. The van der Waals surface area contributed by atoms with Crippen LogP contribution in [0.3, 0.4) is 0 Å². The first-order valence-electron chi connectivity index (χ1n) is 6.49. The lowest BCUT2D eigenvalue weighted by Crippen LogP contribution is -2.47. The van der Waals surface area contributed by atoms with Crippen LogP contribution in [0.25, 0.3) is 0 Å². The van der Waals surface area contributed by atoms with Gasteiger partial charge in [0, 0.05) is 12.6 Å². The number of alkyl halides is 3. The van der Waals surface area contributed by atoms with Gasteiger partial charge in [0.2, 0.25) is 0 Å². The van der Waals surface area contributed by atoms with Crippen molar-refractivity contribution >= 4 is 12.0 Å². The number of rotatable bonds is 5. The number of urea groups is 1. The molecule has 1 aliphatic rings. The van der Waals surface area contributed by atoms with Crippen LogP contribution in [0.5, 0.6) is 0 Å². The van der Waals surface area contributed by atoms with Crippen molar-refractivity contribution in [3.63, 3.8) is 0 Å². The second-order valence-corrected chi connectivity index (χ2v) is 5.34. The van der Waals surface area contributed by atoms with E-state index in [0.717, 1.165) is 12.8 Å². The van der Waals surface area contributed by atoms with Gasteiger partial charge < -0.3 is 15.7 Å². The fourth-order valence-electron chi connectivity index (χ4n) is 2.44. The topological polar surface area (TPSA) is 78.4 Å². The molecule has 0 aromatic carbocycles. The second kappa shape index (κ2) is 6.32. The monoisotopic (exact) mass is 296 g/mol. The van der Waals surface area contributed by atoms with E-state index in [4.69, 9.17) is 0 Å². The quantitative estimate of drug-likeness (QED) is 0.728. The number of amides is 2. The van der Waals surface area contributed by atoms with Crippen LogP contribution in [0.4, 0.5) is 18.0 Å². The zero-order valence-electron chi connectivity index (χ0n) is 11.2. The summed E-state index contributed by atoms with van der Waals surface area (Å²) < 4.78 is 36.3. The molecule has 1 saturated carbocycles. The van der Waals surface area contributed by atoms with Gasteiger partial charge in [-0.25, -0.2) is 4.79 Å². The zero-order valence-corrected chi connectivity index (χ0v) is 11.2. The first kappa shape index (κ1) is 16.6. The fourth-order valence-corrected chi connectivity index (χ4v) is 2.44. The molecule has 116 valence electrons. The summed E-state index contributed by atoms with van der Waals surface area (Å²) >= 11 is 0. The molecule has 3 N–H and O–H groups in total. The maximum atomic E-state index is 12.1. The van der Waals surface area contributed by atoms with Crippen LogP contribution in [-0.2, 0) is 4.79 Å². The fraction of sp³-hybridized carbons (Fsp3) is 0.833. The molecule has 0 saturated heterocycles. The molecule has 0 aromatic rings. The van der Waals surface area contributed by atoms with Gasteiger partial charge in [0.25, 0.3) is 0 Å². The maximum Gasteiger partial charge on any atom is 0.391 e. The van der Waals surface area contributed by atoms with Gasteiger partial charge in [-0.1, -0.05) is 12.8 Å². The van der Waals surface area contributed by atoms with E-state index in [1.165, 1.54) is 6.92 Å². The maximum absolute atomic E-state index is 12.1. The van der Waals surface area contributed by atoms with Gasteiger partial charge in [0.05, 0.1) is 11.8 Å². The second-order valence-electron chi connectivity index (χ2n) is 5.34. The summed E-state index contributed by atoms with van der Waals surface area (Å²) in [5.74, 6) is -0.973. The summed E-state index contributed by atoms with van der Waals surface area (Å²) in [6.07, 6.45) is -2.97. The first-order chi connectivity index (χ1) is 9.15. The van der Waals surface area contributed by atoms with Gasteiger partial charge >= 0.3 is 18.2 Å². The average molecular weight is 296 g/mol. The molecule has 1 atom stereocenters. The summed E-state index contributed by atoms with van der Waals surface area (Å²) in [5, 5.41) is 13.7. The van der Waals surface area contributed by atoms with Crippen molar-refractivity contribution in [2.45, 2.75) is 51.2 Å². The summed E-state index contributed by atoms with van der Waals surface area (Å²) in [6, 6.07) is -1.83. The number of hydrogen-bond donors (Lipinski definition) is 3. The van der Waals surface area contributed by atoms with E-state index in [0.29, 0.717) is 12.8 Å². The van der Waals surface area contributed by atoms with Crippen LogP contribution in [0, 0.1) is 5.41 Å². The van der Waals surface area contributed by atoms with E-state index < -0.39 is 36.1 Å². The van der Waals surface area contributed by atoms with Gasteiger partial charge in [-0.15, -0.1) is 0 Å². The van der Waals surface area contributed by atoms with E-state index in [1.54, 1.807) is 0 Å². The number of carbonyl (C=O) groups excluding carboxylic acids is 1. The molecular weight excluding hydrogens is 277 g/mol. The van der Waals surface area contributed by atoms with Crippen molar-refractivity contribution in [1.82, 2.24) is 10.6 Å². The van der Waals surface area contributed by atoms with E-state index in [-0.39, 0.29) is 6.54 Å². The van der Waals surface area contributed by atoms with Crippen LogP contribution >= 0.6 is 0 Å². The molecule has 0 heterocycles. The largest absolute Gasteiger partial charge is 0.481 e. The molecule has 1 fully saturated rings. The number of aliphatic carboxylic acids is 1. The number of halogens is 3. The lowest BCUT2D eigenvalue weighted by atomic mass is 9.86. The predicted octanol–water partition coefficient (Wildman–Crippen LogP) is 2.27. The molecule has 8 heteroatoms. The molecule has 20 heavy (non-hydrogen) atoms. The molecule has 0 aromatic heterocycles. The van der Waals surface area contributed by atoms with Crippen LogP contribution in [0.2, 0.25) is 0 Å². The van der Waals surface area contributed by atoms with Crippen LogP contribution in [0.15, 0.2) is 0 Å². The van der Waals surface area contributed by atoms with Crippen molar-refractivity contribution in [2.75, 3.05) is 6.54 Å². The highest BCUT2D eigenvalue weighted by Gasteiger charge is 2.41. The Kier molecular flexibility index (Phi) is 5.24. The van der Waals surface area contributed by atoms with Crippen LogP contribution in [0.1, 0.15) is 39.0 Å². The zero-order chi connectivity index (χ0) is 15.4. The molecule has 1 aliphatic carbocycles. The van der Waals surface area contributed by atoms with Gasteiger partial charge in [-0.2, -0.15) is 13.2 Å². The van der Waals surface area contributed by atoms with E-state index >= 15 is 0 Å². The summed E-state index contributed by atoms with van der Waals surface area (Å²) in [4.78, 5) is 22.7. The highest BCUT2D eigenvalue weighted by Crippen LogP contribution is 2.37. The normalized spacial score (nSPS) is 19.4. The average Bonchev–Trinajstić information content (AvgIpc) is 2.73. The Morgan fingerprint density at radius 3 is 2.30 bits per heavy atom. The molecule has 0 bridgehead atoms. The molecule has 1 unspecified atom stereocenters. The van der Waals surface area contributed by atoms with Gasteiger partial charge in [-0.05, 0) is 19.8 Å². The third-order valence-electron chi connectivity index (χ3n) is 3.52. The Morgan fingerprint density at radius 2 is 1.85 bits per heavy atom. The Morgan fingerprint density at radius 1 is 1.30 bits per heavy atom. The highest BCUT2D eigenvalue weighted by molar-refractivity contribution is 5.78. The number of hydrogen-bond acceptors (Lipinski definition) is 2. The van der Waals surface area contributed by atoms with E-state index in [2.05, 4.69) is 10.6 Å². The van der Waals surface area contributed by atoms with E-state index in [9.17, 15) is 27.9 Å². The molecule has 1 rings (SSSR count). The van der Waals surface area contributed by atoms with Gasteiger partial charge in [-0.3, -0.25) is 4.79 Å². The Labute approximate surface area is 114 Å². The molecular formula is C12H19F3N2O3. The van der Waals surface area contributed by atoms with Crippen molar-refractivity contribution in [3.8, 4) is 0 Å². The Hall–Kier alpha value is -1.47.